The van der Waals surface area contributed by atoms with Gasteiger partial charge in [0.2, 0.25) is 11.7 Å². The molecule has 1 saturated heterocycles. The highest BCUT2D eigenvalue weighted by atomic mass is 35.5. The van der Waals surface area contributed by atoms with Crippen molar-refractivity contribution in [1.82, 2.24) is 15.0 Å². The van der Waals surface area contributed by atoms with Crippen molar-refractivity contribution in [3.63, 3.8) is 0 Å². The number of carbonyl (C=O) groups is 1. The van der Waals surface area contributed by atoms with Crippen LogP contribution >= 0.6 is 34.5 Å². The van der Waals surface area contributed by atoms with Gasteiger partial charge in [0.15, 0.2) is 5.78 Å². The van der Waals surface area contributed by atoms with E-state index in [0.29, 0.717) is 33.9 Å². The summed E-state index contributed by atoms with van der Waals surface area (Å²) in [6.07, 6.45) is 1.74. The van der Waals surface area contributed by atoms with E-state index < -0.39 is 0 Å². The highest BCUT2D eigenvalue weighted by molar-refractivity contribution is 7.13. The Labute approximate surface area is 170 Å². The molecule has 0 amide bonds. The number of nitrogens with zero attached hydrogens (tertiary/aromatic N) is 3. The number of aromatic nitrogens is 2. The van der Waals surface area contributed by atoms with Crippen LogP contribution in [0.1, 0.15) is 35.0 Å². The molecule has 0 spiro atoms. The molecule has 4 rings (SSSR count). The summed E-state index contributed by atoms with van der Waals surface area (Å²) in [6, 6.07) is 9.06. The summed E-state index contributed by atoms with van der Waals surface area (Å²) in [7, 11) is 0. The van der Waals surface area contributed by atoms with E-state index in [1.54, 1.807) is 29.5 Å². The second-order valence-electron chi connectivity index (χ2n) is 6.50. The molecular formula is C19H17Cl2N3O2S. The molecule has 0 N–H and O–H groups in total. The fourth-order valence-electron chi connectivity index (χ4n) is 3.29. The molecule has 27 heavy (non-hydrogen) atoms. The van der Waals surface area contributed by atoms with Crippen molar-refractivity contribution in [3.05, 3.63) is 57.2 Å². The first-order valence-electron chi connectivity index (χ1n) is 8.69. The number of hydrogen-bond acceptors (Lipinski definition) is 6. The number of likely N-dealkylation sites (tertiary alicyclic amines) is 1. The van der Waals surface area contributed by atoms with Gasteiger partial charge in [-0.15, -0.1) is 11.3 Å². The average Bonchev–Trinajstić information content (AvgIpc) is 3.34. The standard InChI is InChI=1S/C19H17Cl2N3O2S/c20-13-3-1-4-14(21)17(13)15(25)11-24-8-6-12(7-9-24)19-22-18(23-26-19)16-5-2-10-27-16/h1-5,10,12H,6-9,11H2. The zero-order valence-electron chi connectivity index (χ0n) is 14.4. The summed E-state index contributed by atoms with van der Waals surface area (Å²) in [5, 5.41) is 6.87. The zero-order chi connectivity index (χ0) is 18.8. The molecule has 0 atom stereocenters. The number of ketones is 1. The third-order valence-electron chi connectivity index (χ3n) is 4.73. The van der Waals surface area contributed by atoms with Crippen LogP contribution in [0.4, 0.5) is 0 Å². The van der Waals surface area contributed by atoms with E-state index in [0.717, 1.165) is 30.8 Å². The van der Waals surface area contributed by atoms with Crippen LogP contribution in [-0.4, -0.2) is 40.5 Å². The lowest BCUT2D eigenvalue weighted by atomic mass is 9.96. The number of hydrogen-bond donors (Lipinski definition) is 0. The minimum absolute atomic E-state index is 0.0539. The van der Waals surface area contributed by atoms with Crippen molar-refractivity contribution in [2.24, 2.45) is 0 Å². The summed E-state index contributed by atoms with van der Waals surface area (Å²) < 4.78 is 5.47. The van der Waals surface area contributed by atoms with Crippen LogP contribution < -0.4 is 0 Å². The minimum Gasteiger partial charge on any atom is -0.339 e. The van der Waals surface area contributed by atoms with Gasteiger partial charge in [-0.2, -0.15) is 4.98 Å². The first-order valence-corrected chi connectivity index (χ1v) is 10.3. The van der Waals surface area contributed by atoms with Crippen molar-refractivity contribution in [2.45, 2.75) is 18.8 Å². The topological polar surface area (TPSA) is 59.2 Å². The fraction of sp³-hybridized carbons (Fsp3) is 0.316. The van der Waals surface area contributed by atoms with E-state index in [1.807, 2.05) is 17.5 Å². The molecule has 3 aromatic rings. The van der Waals surface area contributed by atoms with Gasteiger partial charge in [0.05, 0.1) is 27.0 Å². The predicted molar refractivity (Wildman–Crippen MR) is 107 cm³/mol. The molecule has 8 heteroatoms. The Morgan fingerprint density at radius 1 is 1.19 bits per heavy atom. The summed E-state index contributed by atoms with van der Waals surface area (Å²) in [5.74, 6) is 1.49. The molecule has 3 heterocycles. The van der Waals surface area contributed by atoms with E-state index in [-0.39, 0.29) is 11.7 Å². The molecule has 0 saturated carbocycles. The SMILES string of the molecule is O=C(CN1CCC(c2nc(-c3cccs3)no2)CC1)c1c(Cl)cccc1Cl. The Hall–Kier alpha value is -1.73. The van der Waals surface area contributed by atoms with Crippen molar-refractivity contribution in [2.75, 3.05) is 19.6 Å². The summed E-state index contributed by atoms with van der Waals surface area (Å²) in [4.78, 5) is 20.3. The molecular weight excluding hydrogens is 405 g/mol. The van der Waals surface area contributed by atoms with Gasteiger partial charge in [-0.25, -0.2) is 0 Å². The smallest absolute Gasteiger partial charge is 0.230 e. The Bertz CT molecular complexity index is 914. The average molecular weight is 422 g/mol. The lowest BCUT2D eigenvalue weighted by Gasteiger charge is -2.29. The Morgan fingerprint density at radius 3 is 2.59 bits per heavy atom. The number of thiophene rings is 1. The van der Waals surface area contributed by atoms with Crippen LogP contribution in [-0.2, 0) is 0 Å². The highest BCUT2D eigenvalue weighted by Crippen LogP contribution is 2.30. The van der Waals surface area contributed by atoms with Gasteiger partial charge in [-0.1, -0.05) is 40.5 Å². The van der Waals surface area contributed by atoms with Gasteiger partial charge in [0, 0.05) is 5.92 Å². The maximum atomic E-state index is 12.6. The van der Waals surface area contributed by atoms with Crippen LogP contribution in [0, 0.1) is 0 Å². The number of benzene rings is 1. The van der Waals surface area contributed by atoms with Crippen molar-refractivity contribution in [3.8, 4) is 10.7 Å². The molecule has 1 fully saturated rings. The van der Waals surface area contributed by atoms with E-state index >= 15 is 0 Å². The van der Waals surface area contributed by atoms with Crippen molar-refractivity contribution >= 4 is 40.3 Å². The molecule has 1 aliphatic rings. The molecule has 2 aromatic heterocycles. The second-order valence-corrected chi connectivity index (χ2v) is 8.27. The number of piperidine rings is 1. The van der Waals surface area contributed by atoms with Crippen LogP contribution in [0.25, 0.3) is 10.7 Å². The molecule has 1 aliphatic heterocycles. The lowest BCUT2D eigenvalue weighted by molar-refractivity contribution is 0.0905. The van der Waals surface area contributed by atoms with Crippen LogP contribution in [0.2, 0.25) is 10.0 Å². The monoisotopic (exact) mass is 421 g/mol. The van der Waals surface area contributed by atoms with E-state index in [9.17, 15) is 4.79 Å². The number of Topliss-reactive ketones (excluding diaryl/α,β-unsaturated/α-hetero) is 1. The fourth-order valence-corrected chi connectivity index (χ4v) is 4.55. The Morgan fingerprint density at radius 2 is 1.93 bits per heavy atom. The lowest BCUT2D eigenvalue weighted by Crippen LogP contribution is -2.37. The maximum Gasteiger partial charge on any atom is 0.230 e. The number of carbonyl (C=O) groups excluding carboxylic acids is 1. The van der Waals surface area contributed by atoms with Crippen molar-refractivity contribution < 1.29 is 9.32 Å². The third kappa shape index (κ3) is 4.09. The van der Waals surface area contributed by atoms with Gasteiger partial charge in [0.25, 0.3) is 0 Å². The van der Waals surface area contributed by atoms with Gasteiger partial charge in [0.1, 0.15) is 0 Å². The first kappa shape index (κ1) is 18.6. The normalized spacial score (nSPS) is 15.9. The predicted octanol–water partition coefficient (Wildman–Crippen LogP) is 5.17. The quantitative estimate of drug-likeness (QED) is 0.531. The Balaban J connectivity index is 1.36. The number of rotatable bonds is 5. The van der Waals surface area contributed by atoms with E-state index in [4.69, 9.17) is 27.7 Å². The molecule has 0 radical (unpaired) electrons. The number of halogens is 2. The molecule has 0 aliphatic carbocycles. The Kier molecular flexibility index (Phi) is 5.59. The highest BCUT2D eigenvalue weighted by Gasteiger charge is 2.27. The summed E-state index contributed by atoms with van der Waals surface area (Å²) in [6.45, 7) is 1.88. The molecule has 5 nitrogen and oxygen atoms in total. The van der Waals surface area contributed by atoms with Crippen LogP contribution in [0.15, 0.2) is 40.2 Å². The van der Waals surface area contributed by atoms with Gasteiger partial charge in [-0.05, 0) is 49.5 Å². The summed E-state index contributed by atoms with van der Waals surface area (Å²) in [5.41, 5.74) is 0.403. The maximum absolute atomic E-state index is 12.6. The van der Waals surface area contributed by atoms with Gasteiger partial charge >= 0.3 is 0 Å². The summed E-state index contributed by atoms with van der Waals surface area (Å²) >= 11 is 13.9. The first-order chi connectivity index (χ1) is 13.1. The largest absolute Gasteiger partial charge is 0.339 e. The van der Waals surface area contributed by atoms with E-state index in [1.165, 1.54) is 0 Å². The molecule has 140 valence electrons. The molecule has 0 bridgehead atoms. The van der Waals surface area contributed by atoms with Crippen LogP contribution in [0.3, 0.4) is 0 Å². The molecule has 0 unspecified atom stereocenters. The van der Waals surface area contributed by atoms with Gasteiger partial charge < -0.3 is 4.52 Å². The third-order valence-corrected chi connectivity index (χ3v) is 6.22. The zero-order valence-corrected chi connectivity index (χ0v) is 16.7. The van der Waals surface area contributed by atoms with Crippen molar-refractivity contribution in [1.29, 1.82) is 0 Å². The van der Waals surface area contributed by atoms with Gasteiger partial charge in [-0.3, -0.25) is 9.69 Å². The van der Waals surface area contributed by atoms with E-state index in [2.05, 4.69) is 15.0 Å². The van der Waals surface area contributed by atoms with Crippen LogP contribution in [0.5, 0.6) is 0 Å². The molecule has 1 aromatic carbocycles. The minimum atomic E-state index is -0.0539. The second kappa shape index (κ2) is 8.10.